The van der Waals surface area contributed by atoms with Crippen LogP contribution in [-0.2, 0) is 6.42 Å². The first-order chi connectivity index (χ1) is 8.27. The molecule has 0 aliphatic carbocycles. The second kappa shape index (κ2) is 5.25. The number of phenols is 1. The zero-order valence-electron chi connectivity index (χ0n) is 9.43. The molecule has 0 unspecified atom stereocenters. The Kier molecular flexibility index (Phi) is 3.50. The van der Waals surface area contributed by atoms with Crippen LogP contribution in [0, 0.1) is 5.41 Å². The SMILES string of the molecule is N=C(CCc1cccnc1)c1ccccc1O. The molecule has 1 aromatic carbocycles. The van der Waals surface area contributed by atoms with Crippen molar-refractivity contribution in [2.75, 3.05) is 0 Å². The van der Waals surface area contributed by atoms with E-state index in [2.05, 4.69) is 4.98 Å². The fraction of sp³-hybridized carbons (Fsp3) is 0.143. The molecule has 0 fully saturated rings. The molecule has 3 heteroatoms. The van der Waals surface area contributed by atoms with Gasteiger partial charge in [0.2, 0.25) is 0 Å². The van der Waals surface area contributed by atoms with Gasteiger partial charge in [-0.1, -0.05) is 18.2 Å². The van der Waals surface area contributed by atoms with Crippen molar-refractivity contribution in [3.05, 3.63) is 59.9 Å². The van der Waals surface area contributed by atoms with E-state index in [9.17, 15) is 5.11 Å². The van der Waals surface area contributed by atoms with Gasteiger partial charge in [0.1, 0.15) is 5.75 Å². The summed E-state index contributed by atoms with van der Waals surface area (Å²) in [6.45, 7) is 0. The number of aromatic nitrogens is 1. The number of hydrogen-bond acceptors (Lipinski definition) is 3. The molecular formula is C14H14N2O. The molecule has 0 amide bonds. The van der Waals surface area contributed by atoms with Gasteiger partial charge in [0.25, 0.3) is 0 Å². The molecule has 86 valence electrons. The van der Waals surface area contributed by atoms with E-state index in [1.54, 1.807) is 30.6 Å². The van der Waals surface area contributed by atoms with E-state index in [0.717, 1.165) is 12.0 Å². The third kappa shape index (κ3) is 2.91. The minimum atomic E-state index is 0.170. The lowest BCUT2D eigenvalue weighted by Crippen LogP contribution is -2.01. The number of nitrogens with zero attached hydrogens (tertiary/aromatic N) is 1. The molecule has 3 nitrogen and oxygen atoms in total. The normalized spacial score (nSPS) is 10.1. The summed E-state index contributed by atoms with van der Waals surface area (Å²) in [4.78, 5) is 4.03. The fourth-order valence-corrected chi connectivity index (χ4v) is 1.68. The van der Waals surface area contributed by atoms with E-state index < -0.39 is 0 Å². The first-order valence-electron chi connectivity index (χ1n) is 5.52. The van der Waals surface area contributed by atoms with Crippen LogP contribution in [0.5, 0.6) is 5.75 Å². The predicted molar refractivity (Wildman–Crippen MR) is 67.5 cm³/mol. The van der Waals surface area contributed by atoms with Crippen LogP contribution in [0.15, 0.2) is 48.8 Å². The molecule has 0 saturated carbocycles. The number of nitrogens with one attached hydrogen (secondary N) is 1. The summed E-state index contributed by atoms with van der Waals surface area (Å²) in [5.74, 6) is 0.170. The quantitative estimate of drug-likeness (QED) is 0.787. The number of pyridine rings is 1. The largest absolute Gasteiger partial charge is 0.507 e. The lowest BCUT2D eigenvalue weighted by Gasteiger charge is -2.06. The van der Waals surface area contributed by atoms with Crippen LogP contribution in [-0.4, -0.2) is 15.8 Å². The third-order valence-corrected chi connectivity index (χ3v) is 2.62. The molecule has 0 bridgehead atoms. The molecule has 0 spiro atoms. The summed E-state index contributed by atoms with van der Waals surface area (Å²) in [5, 5.41) is 17.6. The van der Waals surface area contributed by atoms with Gasteiger partial charge < -0.3 is 10.5 Å². The molecule has 0 saturated heterocycles. The van der Waals surface area contributed by atoms with Gasteiger partial charge in [0.15, 0.2) is 0 Å². The first-order valence-corrected chi connectivity index (χ1v) is 5.52. The van der Waals surface area contributed by atoms with E-state index in [4.69, 9.17) is 5.41 Å². The average molecular weight is 226 g/mol. The Bertz CT molecular complexity index is 509. The van der Waals surface area contributed by atoms with Gasteiger partial charge in [0, 0.05) is 23.7 Å². The van der Waals surface area contributed by atoms with Crippen molar-refractivity contribution >= 4 is 5.71 Å². The zero-order chi connectivity index (χ0) is 12.1. The number of aryl methyl sites for hydroxylation is 1. The molecule has 0 atom stereocenters. The zero-order valence-corrected chi connectivity index (χ0v) is 9.43. The maximum atomic E-state index is 9.62. The smallest absolute Gasteiger partial charge is 0.124 e. The highest BCUT2D eigenvalue weighted by Crippen LogP contribution is 2.18. The van der Waals surface area contributed by atoms with Crippen molar-refractivity contribution in [2.45, 2.75) is 12.8 Å². The van der Waals surface area contributed by atoms with Gasteiger partial charge in [-0.15, -0.1) is 0 Å². The second-order valence-corrected chi connectivity index (χ2v) is 3.86. The Balaban J connectivity index is 2.01. The summed E-state index contributed by atoms with van der Waals surface area (Å²) >= 11 is 0. The number of hydrogen-bond donors (Lipinski definition) is 2. The van der Waals surface area contributed by atoms with E-state index in [1.165, 1.54) is 0 Å². The predicted octanol–water partition coefficient (Wildman–Crippen LogP) is 2.79. The summed E-state index contributed by atoms with van der Waals surface area (Å²) < 4.78 is 0. The van der Waals surface area contributed by atoms with Crippen LogP contribution in [0.3, 0.4) is 0 Å². The van der Waals surface area contributed by atoms with Crippen molar-refractivity contribution < 1.29 is 5.11 Å². The van der Waals surface area contributed by atoms with Crippen LogP contribution in [0.2, 0.25) is 0 Å². The van der Waals surface area contributed by atoms with E-state index >= 15 is 0 Å². The van der Waals surface area contributed by atoms with E-state index in [-0.39, 0.29) is 5.75 Å². The molecule has 0 radical (unpaired) electrons. The maximum absolute atomic E-state index is 9.62. The van der Waals surface area contributed by atoms with Crippen LogP contribution in [0.25, 0.3) is 0 Å². The molecule has 0 aliphatic rings. The van der Waals surface area contributed by atoms with Gasteiger partial charge in [-0.05, 0) is 36.6 Å². The first kappa shape index (κ1) is 11.3. The van der Waals surface area contributed by atoms with Crippen LogP contribution in [0.4, 0.5) is 0 Å². The highest BCUT2D eigenvalue weighted by atomic mass is 16.3. The van der Waals surface area contributed by atoms with Crippen LogP contribution >= 0.6 is 0 Å². The molecular weight excluding hydrogens is 212 g/mol. The highest BCUT2D eigenvalue weighted by Gasteiger charge is 2.06. The van der Waals surface area contributed by atoms with Gasteiger partial charge >= 0.3 is 0 Å². The molecule has 0 aliphatic heterocycles. The Morgan fingerprint density at radius 3 is 2.71 bits per heavy atom. The fourth-order valence-electron chi connectivity index (χ4n) is 1.68. The van der Waals surface area contributed by atoms with E-state index in [0.29, 0.717) is 17.7 Å². The summed E-state index contributed by atoms with van der Waals surface area (Å²) in [7, 11) is 0. The maximum Gasteiger partial charge on any atom is 0.124 e. The monoisotopic (exact) mass is 226 g/mol. The number of benzene rings is 1. The van der Waals surface area contributed by atoms with Crippen LogP contribution < -0.4 is 0 Å². The summed E-state index contributed by atoms with van der Waals surface area (Å²) in [6.07, 6.45) is 4.90. The van der Waals surface area contributed by atoms with Crippen molar-refractivity contribution in [3.8, 4) is 5.75 Å². The molecule has 2 N–H and O–H groups in total. The number of phenolic OH excluding ortho intramolecular Hbond substituents is 1. The molecule has 1 aromatic heterocycles. The average Bonchev–Trinajstić information content (AvgIpc) is 2.38. The van der Waals surface area contributed by atoms with E-state index in [1.807, 2.05) is 18.2 Å². The molecule has 1 heterocycles. The lowest BCUT2D eigenvalue weighted by molar-refractivity contribution is 0.474. The number of para-hydroxylation sites is 1. The highest BCUT2D eigenvalue weighted by molar-refractivity contribution is 6.00. The summed E-state index contributed by atoms with van der Waals surface area (Å²) in [6, 6.07) is 10.8. The van der Waals surface area contributed by atoms with Gasteiger partial charge in [-0.3, -0.25) is 4.98 Å². The van der Waals surface area contributed by atoms with Crippen molar-refractivity contribution in [1.82, 2.24) is 4.98 Å². The Hall–Kier alpha value is -2.16. The van der Waals surface area contributed by atoms with Crippen molar-refractivity contribution in [2.24, 2.45) is 0 Å². The van der Waals surface area contributed by atoms with Crippen molar-refractivity contribution in [1.29, 1.82) is 5.41 Å². The molecule has 2 rings (SSSR count). The van der Waals surface area contributed by atoms with Crippen LogP contribution in [0.1, 0.15) is 17.5 Å². The van der Waals surface area contributed by atoms with Gasteiger partial charge in [-0.2, -0.15) is 0 Å². The number of rotatable bonds is 4. The van der Waals surface area contributed by atoms with Gasteiger partial charge in [-0.25, -0.2) is 0 Å². The Morgan fingerprint density at radius 2 is 2.00 bits per heavy atom. The third-order valence-electron chi connectivity index (χ3n) is 2.62. The Labute approximate surface area is 100 Å². The van der Waals surface area contributed by atoms with Crippen molar-refractivity contribution in [3.63, 3.8) is 0 Å². The van der Waals surface area contributed by atoms with Gasteiger partial charge in [0.05, 0.1) is 0 Å². The minimum absolute atomic E-state index is 0.170. The minimum Gasteiger partial charge on any atom is -0.507 e. The topological polar surface area (TPSA) is 57.0 Å². The molecule has 2 aromatic rings. The summed E-state index contributed by atoms with van der Waals surface area (Å²) in [5.41, 5.74) is 2.16. The molecule has 17 heavy (non-hydrogen) atoms. The second-order valence-electron chi connectivity index (χ2n) is 3.86. The Morgan fingerprint density at radius 1 is 1.18 bits per heavy atom. The standard InChI is InChI=1S/C14H14N2O/c15-13(12-5-1-2-6-14(12)17)8-7-11-4-3-9-16-10-11/h1-6,9-10,15,17H,7-8H2. The number of aromatic hydroxyl groups is 1. The lowest BCUT2D eigenvalue weighted by atomic mass is 10.0.